The SMILES string of the molecule is CSC[C@@H](C)CNC(=O)N[C@@H]1C[C@H]2CC[C@H]1O2. The number of urea groups is 1. The van der Waals surface area contributed by atoms with E-state index in [4.69, 9.17) is 4.74 Å². The molecule has 2 heterocycles. The van der Waals surface area contributed by atoms with Crippen LogP contribution in [0.2, 0.25) is 0 Å². The lowest BCUT2D eigenvalue weighted by Gasteiger charge is -2.21. The van der Waals surface area contributed by atoms with Gasteiger partial charge in [0.05, 0.1) is 18.2 Å². The molecule has 17 heavy (non-hydrogen) atoms. The van der Waals surface area contributed by atoms with E-state index in [1.54, 1.807) is 0 Å². The van der Waals surface area contributed by atoms with Crippen LogP contribution in [0.1, 0.15) is 26.2 Å². The molecule has 4 nitrogen and oxygen atoms in total. The molecule has 2 aliphatic heterocycles. The molecule has 0 aromatic carbocycles. The third kappa shape index (κ3) is 3.52. The molecule has 5 heteroatoms. The molecule has 0 spiro atoms. The Balaban J connectivity index is 1.64. The van der Waals surface area contributed by atoms with Gasteiger partial charge in [-0.1, -0.05) is 6.92 Å². The highest BCUT2D eigenvalue weighted by molar-refractivity contribution is 7.98. The standard InChI is InChI=1S/C12H22N2O2S/c1-8(7-17-2)6-13-12(15)14-10-5-9-3-4-11(10)16-9/h8-11H,3-7H2,1-2H3,(H2,13,14,15)/t8-,9+,10+,11+/m0/s1. The third-order valence-corrected chi connectivity index (χ3v) is 4.39. The van der Waals surface area contributed by atoms with E-state index in [2.05, 4.69) is 23.8 Å². The average molecular weight is 258 g/mol. The zero-order valence-corrected chi connectivity index (χ0v) is 11.4. The molecule has 2 N–H and O–H groups in total. The summed E-state index contributed by atoms with van der Waals surface area (Å²) in [5.74, 6) is 1.60. The summed E-state index contributed by atoms with van der Waals surface area (Å²) >= 11 is 1.81. The van der Waals surface area contributed by atoms with Gasteiger partial charge in [-0.05, 0) is 37.2 Å². The summed E-state index contributed by atoms with van der Waals surface area (Å²) in [6.07, 6.45) is 5.98. The van der Waals surface area contributed by atoms with Gasteiger partial charge in [-0.2, -0.15) is 11.8 Å². The molecule has 2 aliphatic rings. The van der Waals surface area contributed by atoms with E-state index in [0.717, 1.165) is 31.6 Å². The van der Waals surface area contributed by atoms with Crippen LogP contribution in [0.3, 0.4) is 0 Å². The number of fused-ring (bicyclic) bond motifs is 2. The molecule has 2 bridgehead atoms. The van der Waals surface area contributed by atoms with Gasteiger partial charge in [0, 0.05) is 6.54 Å². The second-order valence-corrected chi connectivity index (χ2v) is 6.04. The molecule has 4 atom stereocenters. The van der Waals surface area contributed by atoms with Crippen molar-refractivity contribution in [3.05, 3.63) is 0 Å². The van der Waals surface area contributed by atoms with Crippen molar-refractivity contribution in [3.8, 4) is 0 Å². The molecule has 0 saturated carbocycles. The Bertz CT molecular complexity index is 275. The first kappa shape index (κ1) is 13.0. The molecule has 0 aliphatic carbocycles. The molecule has 0 unspecified atom stereocenters. The molecule has 0 aromatic heterocycles. The predicted molar refractivity (Wildman–Crippen MR) is 70.4 cm³/mol. The quantitative estimate of drug-likeness (QED) is 0.787. The molecule has 2 amide bonds. The maximum Gasteiger partial charge on any atom is 0.315 e. The molecular weight excluding hydrogens is 236 g/mol. The number of thioether (sulfide) groups is 1. The van der Waals surface area contributed by atoms with Gasteiger partial charge in [0.25, 0.3) is 0 Å². The van der Waals surface area contributed by atoms with E-state index in [1.165, 1.54) is 0 Å². The van der Waals surface area contributed by atoms with Crippen molar-refractivity contribution in [1.29, 1.82) is 0 Å². The van der Waals surface area contributed by atoms with Crippen LogP contribution < -0.4 is 10.6 Å². The van der Waals surface area contributed by atoms with Crippen molar-refractivity contribution in [3.63, 3.8) is 0 Å². The molecule has 2 rings (SSSR count). The number of carbonyl (C=O) groups is 1. The number of carbonyl (C=O) groups excluding carboxylic acids is 1. The smallest absolute Gasteiger partial charge is 0.315 e. The highest BCUT2D eigenvalue weighted by Gasteiger charge is 2.41. The first-order chi connectivity index (χ1) is 8.19. The van der Waals surface area contributed by atoms with Crippen LogP contribution in [-0.4, -0.2) is 42.8 Å². The van der Waals surface area contributed by atoms with Gasteiger partial charge in [0.2, 0.25) is 0 Å². The average Bonchev–Trinajstić information content (AvgIpc) is 2.88. The Hall–Kier alpha value is -0.420. The summed E-state index contributed by atoms with van der Waals surface area (Å²) in [6, 6.07) is 0.184. The zero-order chi connectivity index (χ0) is 12.3. The van der Waals surface area contributed by atoms with Gasteiger partial charge in [-0.3, -0.25) is 0 Å². The minimum Gasteiger partial charge on any atom is -0.373 e. The Morgan fingerprint density at radius 2 is 2.35 bits per heavy atom. The minimum absolute atomic E-state index is 0.0425. The second-order valence-electron chi connectivity index (χ2n) is 5.13. The Kier molecular flexibility index (Phi) is 4.56. The van der Waals surface area contributed by atoms with E-state index < -0.39 is 0 Å². The summed E-state index contributed by atoms with van der Waals surface area (Å²) in [4.78, 5) is 11.7. The van der Waals surface area contributed by atoms with Crippen molar-refractivity contribution in [2.75, 3.05) is 18.6 Å². The van der Waals surface area contributed by atoms with Gasteiger partial charge in [-0.15, -0.1) is 0 Å². The van der Waals surface area contributed by atoms with Crippen LogP contribution in [0.15, 0.2) is 0 Å². The van der Waals surface area contributed by atoms with E-state index in [0.29, 0.717) is 12.0 Å². The summed E-state index contributed by atoms with van der Waals surface area (Å²) in [6.45, 7) is 2.89. The molecular formula is C12H22N2O2S. The Morgan fingerprint density at radius 3 is 2.94 bits per heavy atom. The van der Waals surface area contributed by atoms with E-state index in [1.807, 2.05) is 11.8 Å². The zero-order valence-electron chi connectivity index (χ0n) is 10.6. The fourth-order valence-corrected chi connectivity index (χ4v) is 3.31. The van der Waals surface area contributed by atoms with Crippen LogP contribution in [0.25, 0.3) is 0 Å². The number of rotatable bonds is 5. The Labute approximate surface area is 107 Å². The van der Waals surface area contributed by atoms with Crippen molar-refractivity contribution in [2.45, 2.75) is 44.4 Å². The number of nitrogens with one attached hydrogen (secondary N) is 2. The second kappa shape index (κ2) is 5.96. The topological polar surface area (TPSA) is 50.4 Å². The van der Waals surface area contributed by atoms with Crippen LogP contribution in [0.4, 0.5) is 4.79 Å². The van der Waals surface area contributed by atoms with Gasteiger partial charge in [0.1, 0.15) is 0 Å². The first-order valence-electron chi connectivity index (χ1n) is 6.37. The van der Waals surface area contributed by atoms with Crippen LogP contribution >= 0.6 is 11.8 Å². The Morgan fingerprint density at radius 1 is 1.53 bits per heavy atom. The molecule has 0 radical (unpaired) electrons. The van der Waals surface area contributed by atoms with Crippen LogP contribution in [0, 0.1) is 5.92 Å². The normalized spacial score (nSPS) is 32.5. The highest BCUT2D eigenvalue weighted by atomic mass is 32.2. The van der Waals surface area contributed by atoms with E-state index in [-0.39, 0.29) is 18.2 Å². The fourth-order valence-electron chi connectivity index (χ4n) is 2.62. The number of hydrogen-bond acceptors (Lipinski definition) is 3. The maximum atomic E-state index is 11.7. The van der Waals surface area contributed by atoms with Crippen molar-refractivity contribution >= 4 is 17.8 Å². The largest absolute Gasteiger partial charge is 0.373 e. The number of hydrogen-bond donors (Lipinski definition) is 2. The van der Waals surface area contributed by atoms with Crippen LogP contribution in [0.5, 0.6) is 0 Å². The van der Waals surface area contributed by atoms with Crippen LogP contribution in [-0.2, 0) is 4.74 Å². The molecule has 2 saturated heterocycles. The van der Waals surface area contributed by atoms with Crippen molar-refractivity contribution in [2.24, 2.45) is 5.92 Å². The molecule has 0 aromatic rings. The lowest BCUT2D eigenvalue weighted by molar-refractivity contribution is 0.0981. The van der Waals surface area contributed by atoms with Gasteiger partial charge in [0.15, 0.2) is 0 Å². The van der Waals surface area contributed by atoms with Gasteiger partial charge in [-0.25, -0.2) is 4.79 Å². The van der Waals surface area contributed by atoms with E-state index in [9.17, 15) is 4.79 Å². The van der Waals surface area contributed by atoms with Gasteiger partial charge < -0.3 is 15.4 Å². The maximum absolute atomic E-state index is 11.7. The lowest BCUT2D eigenvalue weighted by atomic mass is 9.96. The van der Waals surface area contributed by atoms with Crippen molar-refractivity contribution in [1.82, 2.24) is 10.6 Å². The number of amides is 2. The lowest BCUT2D eigenvalue weighted by Crippen LogP contribution is -2.47. The predicted octanol–water partition coefficient (Wildman–Crippen LogP) is 1.60. The minimum atomic E-state index is -0.0425. The van der Waals surface area contributed by atoms with E-state index >= 15 is 0 Å². The summed E-state index contributed by atoms with van der Waals surface area (Å²) in [5.41, 5.74) is 0. The first-order valence-corrected chi connectivity index (χ1v) is 7.77. The fraction of sp³-hybridized carbons (Fsp3) is 0.917. The summed E-state index contributed by atoms with van der Waals surface area (Å²) in [7, 11) is 0. The number of ether oxygens (including phenoxy) is 1. The van der Waals surface area contributed by atoms with Crippen molar-refractivity contribution < 1.29 is 9.53 Å². The highest BCUT2D eigenvalue weighted by Crippen LogP contribution is 2.34. The van der Waals surface area contributed by atoms with Gasteiger partial charge >= 0.3 is 6.03 Å². The molecule has 98 valence electrons. The molecule has 2 fully saturated rings. The monoisotopic (exact) mass is 258 g/mol. The third-order valence-electron chi connectivity index (χ3n) is 3.48. The summed E-state index contributed by atoms with van der Waals surface area (Å²) in [5, 5.41) is 5.96. The summed E-state index contributed by atoms with van der Waals surface area (Å²) < 4.78 is 5.70.